The minimum absolute atomic E-state index is 0.0527. The highest BCUT2D eigenvalue weighted by Crippen LogP contribution is 2.32. The van der Waals surface area contributed by atoms with Crippen molar-refractivity contribution < 1.29 is 34.3 Å². The first kappa shape index (κ1) is 21.2. The topological polar surface area (TPSA) is 155 Å². The second-order valence-electron chi connectivity index (χ2n) is 5.46. The molecule has 1 aliphatic heterocycles. The summed E-state index contributed by atoms with van der Waals surface area (Å²) >= 11 is 5.85. The number of hydrogen-bond donors (Lipinski definition) is 2. The highest BCUT2D eigenvalue weighted by molar-refractivity contribution is 8.26. The van der Waals surface area contributed by atoms with E-state index < -0.39 is 45.4 Å². The first-order valence-electron chi connectivity index (χ1n) is 7.65. The lowest BCUT2D eigenvalue weighted by atomic mass is 10.0. The van der Waals surface area contributed by atoms with Crippen LogP contribution in [-0.4, -0.2) is 54.5 Å². The summed E-state index contributed by atoms with van der Waals surface area (Å²) in [5.41, 5.74) is -1.99. The van der Waals surface area contributed by atoms with E-state index in [1.54, 1.807) is 0 Å². The van der Waals surface area contributed by atoms with E-state index in [4.69, 9.17) is 22.4 Å². The van der Waals surface area contributed by atoms with Gasteiger partial charge in [0.2, 0.25) is 0 Å². The maximum Gasteiger partial charge on any atom is 0.342 e. The van der Waals surface area contributed by atoms with Gasteiger partial charge in [-0.05, 0) is 18.6 Å². The van der Waals surface area contributed by atoms with Crippen LogP contribution in [0, 0.1) is 10.1 Å². The minimum Gasteiger partial charge on any atom is -0.481 e. The van der Waals surface area contributed by atoms with Crippen LogP contribution in [0.1, 0.15) is 33.6 Å². The summed E-state index contributed by atoms with van der Waals surface area (Å²) in [6, 6.07) is 3.28. The van der Waals surface area contributed by atoms with E-state index in [1.807, 2.05) is 0 Å². The van der Waals surface area contributed by atoms with Crippen LogP contribution in [0.15, 0.2) is 29.2 Å². The molecule has 12 heteroatoms. The molecule has 1 aromatic rings. The number of aromatic carboxylic acids is 1. The zero-order chi connectivity index (χ0) is 21.0. The zero-order valence-corrected chi connectivity index (χ0v) is 15.6. The molecule has 0 bridgehead atoms. The number of thioether (sulfide) groups is 1. The number of carboxylic acids is 2. The average Bonchev–Trinajstić information content (AvgIpc) is 2.87. The van der Waals surface area contributed by atoms with Crippen LogP contribution in [0.3, 0.4) is 0 Å². The Balaban J connectivity index is 2.30. The van der Waals surface area contributed by atoms with Crippen molar-refractivity contribution in [1.29, 1.82) is 0 Å². The Morgan fingerprint density at radius 3 is 2.46 bits per heavy atom. The Bertz CT molecular complexity index is 941. The molecule has 1 amide bonds. The number of hydrogen-bond acceptors (Lipinski definition) is 8. The van der Waals surface area contributed by atoms with Gasteiger partial charge in [-0.3, -0.25) is 29.4 Å². The Morgan fingerprint density at radius 1 is 1.25 bits per heavy atom. The quantitative estimate of drug-likeness (QED) is 0.208. The van der Waals surface area contributed by atoms with E-state index in [-0.39, 0.29) is 28.6 Å². The lowest BCUT2D eigenvalue weighted by Gasteiger charge is -2.13. The van der Waals surface area contributed by atoms with Gasteiger partial charge in [-0.25, -0.2) is 4.79 Å². The smallest absolute Gasteiger partial charge is 0.342 e. The number of rotatable bonds is 8. The van der Waals surface area contributed by atoms with Crippen molar-refractivity contribution in [2.75, 3.05) is 6.54 Å². The number of benzene rings is 1. The summed E-state index contributed by atoms with van der Waals surface area (Å²) in [5, 5.41) is 29.0. The van der Waals surface area contributed by atoms with Crippen molar-refractivity contribution in [3.05, 3.63) is 50.4 Å². The molecule has 1 aliphatic rings. The van der Waals surface area contributed by atoms with E-state index in [2.05, 4.69) is 0 Å². The molecule has 2 N–H and O–H groups in total. The lowest BCUT2D eigenvalue weighted by Crippen LogP contribution is -2.29. The predicted molar refractivity (Wildman–Crippen MR) is 101 cm³/mol. The standard InChI is InChI=1S/C16H12N2O8S2/c19-10(8-3-1-4-9(15(23)24)13(8)18(25)26)7-11-14(22)17(16(27)28-11)6-2-5-12(20)21/h1,3-4,7H,2,5-6H2,(H,20,21)(H,23,24)/b11-7-. The number of aliphatic carboxylic acids is 1. The van der Waals surface area contributed by atoms with Crippen LogP contribution in [-0.2, 0) is 9.59 Å². The SMILES string of the molecule is O=C(O)CCCN1C(=O)/C(=C/C(=O)c2cccc(C(=O)O)c2[N+](=O)[O-])SC1=S. The van der Waals surface area contributed by atoms with Crippen molar-refractivity contribution in [3.8, 4) is 0 Å². The van der Waals surface area contributed by atoms with E-state index >= 15 is 0 Å². The van der Waals surface area contributed by atoms with Gasteiger partial charge in [0.25, 0.3) is 11.6 Å². The van der Waals surface area contributed by atoms with Crippen molar-refractivity contribution >= 4 is 57.6 Å². The van der Waals surface area contributed by atoms with Crippen LogP contribution in [0.25, 0.3) is 0 Å². The number of amides is 1. The summed E-state index contributed by atoms with van der Waals surface area (Å²) in [7, 11) is 0. The zero-order valence-electron chi connectivity index (χ0n) is 14.0. The minimum atomic E-state index is -1.56. The van der Waals surface area contributed by atoms with Crippen LogP contribution in [0.2, 0.25) is 0 Å². The fourth-order valence-electron chi connectivity index (χ4n) is 2.39. The number of carbonyl (C=O) groups excluding carboxylic acids is 2. The first-order chi connectivity index (χ1) is 13.1. The van der Waals surface area contributed by atoms with E-state index in [9.17, 15) is 29.3 Å². The third-order valence-electron chi connectivity index (χ3n) is 3.62. The normalized spacial score (nSPS) is 15.1. The fraction of sp³-hybridized carbons (Fsp3) is 0.188. The van der Waals surface area contributed by atoms with Gasteiger partial charge in [0.15, 0.2) is 5.78 Å². The second kappa shape index (κ2) is 8.71. The lowest BCUT2D eigenvalue weighted by molar-refractivity contribution is -0.385. The van der Waals surface area contributed by atoms with Gasteiger partial charge >= 0.3 is 11.9 Å². The molecule has 28 heavy (non-hydrogen) atoms. The molecule has 1 fully saturated rings. The summed E-state index contributed by atoms with van der Waals surface area (Å²) in [5.74, 6) is -4.13. The monoisotopic (exact) mass is 424 g/mol. The number of nitro groups is 1. The van der Waals surface area contributed by atoms with Crippen molar-refractivity contribution in [2.45, 2.75) is 12.8 Å². The molecule has 0 saturated carbocycles. The van der Waals surface area contributed by atoms with Crippen molar-refractivity contribution in [1.82, 2.24) is 4.90 Å². The van der Waals surface area contributed by atoms with Gasteiger partial charge in [-0.1, -0.05) is 30.0 Å². The predicted octanol–water partition coefficient (Wildman–Crippen LogP) is 2.08. The molecular formula is C16H12N2O8S2. The summed E-state index contributed by atoms with van der Waals surface area (Å²) < 4.78 is 0.128. The molecule has 0 spiro atoms. The molecule has 1 aromatic carbocycles. The van der Waals surface area contributed by atoms with Gasteiger partial charge < -0.3 is 10.2 Å². The molecule has 0 radical (unpaired) electrons. The average molecular weight is 424 g/mol. The molecular weight excluding hydrogens is 412 g/mol. The van der Waals surface area contributed by atoms with Crippen LogP contribution >= 0.6 is 24.0 Å². The first-order valence-corrected chi connectivity index (χ1v) is 8.88. The Labute approximate surface area is 167 Å². The number of thiocarbonyl (C=S) groups is 1. The number of carboxylic acid groups (broad SMARTS) is 2. The summed E-state index contributed by atoms with van der Waals surface area (Å²) in [6.07, 6.45) is 0.864. The number of ketones is 1. The van der Waals surface area contributed by atoms with E-state index in [0.29, 0.717) is 0 Å². The van der Waals surface area contributed by atoms with Crippen LogP contribution in [0.4, 0.5) is 5.69 Å². The summed E-state index contributed by atoms with van der Waals surface area (Å²) in [6.45, 7) is 0.0527. The third-order valence-corrected chi connectivity index (χ3v) is 5.00. The number of para-hydroxylation sites is 1. The maximum absolute atomic E-state index is 12.5. The number of nitrogens with zero attached hydrogens (tertiary/aromatic N) is 2. The molecule has 0 unspecified atom stereocenters. The van der Waals surface area contributed by atoms with Gasteiger partial charge in [0, 0.05) is 19.0 Å². The third kappa shape index (κ3) is 4.58. The Hall–Kier alpha value is -3.12. The van der Waals surface area contributed by atoms with Crippen LogP contribution in [0.5, 0.6) is 0 Å². The fourth-order valence-corrected chi connectivity index (χ4v) is 3.67. The number of allylic oxidation sites excluding steroid dienone is 1. The Kier molecular flexibility index (Phi) is 6.59. The second-order valence-corrected chi connectivity index (χ2v) is 7.13. The summed E-state index contributed by atoms with van der Waals surface area (Å²) in [4.78, 5) is 57.9. The highest BCUT2D eigenvalue weighted by atomic mass is 32.2. The number of carbonyl (C=O) groups is 4. The molecule has 146 valence electrons. The molecule has 0 aliphatic carbocycles. The largest absolute Gasteiger partial charge is 0.481 e. The van der Waals surface area contributed by atoms with E-state index in [1.165, 1.54) is 6.07 Å². The van der Waals surface area contributed by atoms with Crippen molar-refractivity contribution in [3.63, 3.8) is 0 Å². The number of nitro benzene ring substituents is 1. The highest BCUT2D eigenvalue weighted by Gasteiger charge is 2.34. The molecule has 2 rings (SSSR count). The van der Waals surface area contributed by atoms with Crippen LogP contribution < -0.4 is 0 Å². The van der Waals surface area contributed by atoms with Gasteiger partial charge in [-0.15, -0.1) is 0 Å². The molecule has 1 heterocycles. The van der Waals surface area contributed by atoms with Gasteiger partial charge in [0.05, 0.1) is 9.83 Å². The maximum atomic E-state index is 12.5. The molecule has 1 saturated heterocycles. The van der Waals surface area contributed by atoms with E-state index in [0.717, 1.165) is 34.9 Å². The van der Waals surface area contributed by atoms with Crippen molar-refractivity contribution in [2.24, 2.45) is 0 Å². The van der Waals surface area contributed by atoms with Gasteiger partial charge in [-0.2, -0.15) is 0 Å². The van der Waals surface area contributed by atoms with Gasteiger partial charge in [0.1, 0.15) is 15.4 Å². The Morgan fingerprint density at radius 2 is 1.89 bits per heavy atom. The molecule has 0 atom stereocenters. The molecule has 10 nitrogen and oxygen atoms in total. The molecule has 0 aromatic heterocycles.